The first-order valence-electron chi connectivity index (χ1n) is 7.05. The molecule has 1 unspecified atom stereocenters. The Morgan fingerprint density at radius 3 is 2.18 bits per heavy atom. The lowest BCUT2D eigenvalue weighted by Gasteiger charge is -2.35. The van der Waals surface area contributed by atoms with Crippen LogP contribution in [-0.4, -0.2) is 21.8 Å². The normalized spacial score (nSPS) is 22.5. The lowest BCUT2D eigenvalue weighted by molar-refractivity contribution is -0.154. The van der Waals surface area contributed by atoms with Crippen molar-refractivity contribution in [3.63, 3.8) is 0 Å². The van der Waals surface area contributed by atoms with Crippen LogP contribution in [0.2, 0.25) is 0 Å². The Balaban J connectivity index is 2.68. The summed E-state index contributed by atoms with van der Waals surface area (Å²) in [6.07, 6.45) is 9.22. The van der Waals surface area contributed by atoms with Crippen LogP contribution in [-0.2, 0) is 4.79 Å². The van der Waals surface area contributed by atoms with Crippen LogP contribution in [0.15, 0.2) is 0 Å². The zero-order valence-electron chi connectivity index (χ0n) is 11.0. The zero-order chi connectivity index (χ0) is 12.7. The maximum atomic E-state index is 11.3. The number of carbonyl (C=O) groups is 1. The summed E-state index contributed by atoms with van der Waals surface area (Å²) < 4.78 is 0. The molecule has 0 aliphatic heterocycles. The van der Waals surface area contributed by atoms with Crippen LogP contribution < -0.4 is 0 Å². The lowest BCUT2D eigenvalue weighted by atomic mass is 9.75. The highest BCUT2D eigenvalue weighted by Gasteiger charge is 2.40. The second-order valence-electron chi connectivity index (χ2n) is 5.40. The van der Waals surface area contributed by atoms with Gasteiger partial charge in [0.15, 0.2) is 0 Å². The smallest absolute Gasteiger partial charge is 0.309 e. The summed E-state index contributed by atoms with van der Waals surface area (Å²) in [4.78, 5) is 11.3. The highest BCUT2D eigenvalue weighted by molar-refractivity contribution is 5.71. The maximum Gasteiger partial charge on any atom is 0.309 e. The minimum Gasteiger partial charge on any atom is -0.481 e. The van der Waals surface area contributed by atoms with Gasteiger partial charge in [-0.3, -0.25) is 4.79 Å². The summed E-state index contributed by atoms with van der Waals surface area (Å²) in [5.41, 5.74) is -0.957. The summed E-state index contributed by atoms with van der Waals surface area (Å²) in [5.74, 6) is -1.39. The van der Waals surface area contributed by atoms with Crippen molar-refractivity contribution in [2.24, 2.45) is 5.92 Å². The summed E-state index contributed by atoms with van der Waals surface area (Å²) in [6.45, 7) is 2.06. The van der Waals surface area contributed by atoms with E-state index in [1.165, 1.54) is 6.42 Å². The van der Waals surface area contributed by atoms with Crippen LogP contribution in [0.3, 0.4) is 0 Å². The number of rotatable bonds is 5. The van der Waals surface area contributed by atoms with Crippen molar-refractivity contribution in [1.82, 2.24) is 0 Å². The van der Waals surface area contributed by atoms with Gasteiger partial charge in [0.2, 0.25) is 0 Å². The molecule has 17 heavy (non-hydrogen) atoms. The number of carboxylic acids is 1. The molecule has 0 bridgehead atoms. The molecule has 1 atom stereocenters. The molecule has 1 fully saturated rings. The molecule has 1 rings (SSSR count). The number of hydrogen-bond acceptors (Lipinski definition) is 2. The minimum atomic E-state index is -0.957. The Bertz CT molecular complexity index is 230. The zero-order valence-corrected chi connectivity index (χ0v) is 11.0. The summed E-state index contributed by atoms with van der Waals surface area (Å²) in [7, 11) is 0. The van der Waals surface area contributed by atoms with E-state index in [1.807, 2.05) is 0 Å². The fourth-order valence-corrected chi connectivity index (χ4v) is 2.90. The molecule has 0 aromatic carbocycles. The number of hydrogen-bond donors (Lipinski definition) is 2. The van der Waals surface area contributed by atoms with Crippen molar-refractivity contribution in [2.45, 2.75) is 76.7 Å². The Kier molecular flexibility index (Phi) is 5.96. The van der Waals surface area contributed by atoms with E-state index in [9.17, 15) is 15.0 Å². The van der Waals surface area contributed by atoms with Crippen LogP contribution in [0, 0.1) is 5.92 Å². The van der Waals surface area contributed by atoms with E-state index >= 15 is 0 Å². The van der Waals surface area contributed by atoms with E-state index in [2.05, 4.69) is 6.92 Å². The monoisotopic (exact) mass is 242 g/mol. The van der Waals surface area contributed by atoms with Gasteiger partial charge in [-0.25, -0.2) is 0 Å². The van der Waals surface area contributed by atoms with Crippen molar-refractivity contribution in [2.75, 3.05) is 0 Å². The van der Waals surface area contributed by atoms with E-state index in [0.717, 1.165) is 38.5 Å². The van der Waals surface area contributed by atoms with Crippen LogP contribution in [0.5, 0.6) is 0 Å². The third-order valence-electron chi connectivity index (χ3n) is 4.01. The van der Waals surface area contributed by atoms with E-state index in [-0.39, 0.29) is 0 Å². The van der Waals surface area contributed by atoms with Crippen molar-refractivity contribution >= 4 is 5.97 Å². The highest BCUT2D eigenvalue weighted by Crippen LogP contribution is 2.35. The quantitative estimate of drug-likeness (QED) is 0.777. The fraction of sp³-hybridized carbons (Fsp3) is 0.929. The van der Waals surface area contributed by atoms with Gasteiger partial charge >= 0.3 is 5.97 Å². The van der Waals surface area contributed by atoms with Crippen LogP contribution in [0.1, 0.15) is 71.1 Å². The number of carboxylic acid groups (broad SMARTS) is 1. The summed E-state index contributed by atoms with van der Waals surface area (Å²) >= 11 is 0. The molecular formula is C14H26O3. The van der Waals surface area contributed by atoms with Gasteiger partial charge < -0.3 is 10.2 Å². The molecule has 0 spiro atoms. The third-order valence-corrected chi connectivity index (χ3v) is 4.01. The molecule has 1 saturated carbocycles. The first-order chi connectivity index (χ1) is 8.10. The molecule has 100 valence electrons. The number of aliphatic hydroxyl groups is 1. The Labute approximate surface area is 104 Å². The van der Waals surface area contributed by atoms with Crippen LogP contribution in [0.25, 0.3) is 0 Å². The highest BCUT2D eigenvalue weighted by atomic mass is 16.4. The molecule has 3 heteroatoms. The SMILES string of the molecule is CCCCC(C(=O)O)C1(O)CCCCCCC1. The van der Waals surface area contributed by atoms with Gasteiger partial charge in [0, 0.05) is 0 Å². The third kappa shape index (κ3) is 4.30. The predicted octanol–water partition coefficient (Wildman–Crippen LogP) is 3.35. The second kappa shape index (κ2) is 7.00. The van der Waals surface area contributed by atoms with Crippen LogP contribution >= 0.6 is 0 Å². The minimum absolute atomic E-state index is 0.569. The lowest BCUT2D eigenvalue weighted by Crippen LogP contribution is -2.43. The molecule has 3 nitrogen and oxygen atoms in total. The van der Waals surface area contributed by atoms with Gasteiger partial charge in [-0.15, -0.1) is 0 Å². The van der Waals surface area contributed by atoms with E-state index in [0.29, 0.717) is 19.3 Å². The molecule has 2 N–H and O–H groups in total. The summed E-state index contributed by atoms with van der Waals surface area (Å²) in [5, 5.41) is 20.0. The van der Waals surface area contributed by atoms with Gasteiger partial charge in [-0.2, -0.15) is 0 Å². The van der Waals surface area contributed by atoms with Crippen molar-refractivity contribution in [3.8, 4) is 0 Å². The predicted molar refractivity (Wildman–Crippen MR) is 67.9 cm³/mol. The van der Waals surface area contributed by atoms with Gasteiger partial charge in [-0.05, 0) is 19.3 Å². The van der Waals surface area contributed by atoms with E-state index in [4.69, 9.17) is 0 Å². The van der Waals surface area contributed by atoms with Crippen LogP contribution in [0.4, 0.5) is 0 Å². The Morgan fingerprint density at radius 2 is 1.71 bits per heavy atom. The first kappa shape index (κ1) is 14.5. The van der Waals surface area contributed by atoms with Gasteiger partial charge in [-0.1, -0.05) is 51.9 Å². The first-order valence-corrected chi connectivity index (χ1v) is 7.05. The second-order valence-corrected chi connectivity index (χ2v) is 5.40. The van der Waals surface area contributed by atoms with Crippen molar-refractivity contribution in [1.29, 1.82) is 0 Å². The molecule has 0 saturated heterocycles. The standard InChI is InChI=1S/C14H26O3/c1-2-3-9-12(13(15)16)14(17)10-7-5-4-6-8-11-14/h12,17H,2-11H2,1H3,(H,15,16). The number of aliphatic carboxylic acids is 1. The van der Waals surface area contributed by atoms with Gasteiger partial charge in [0.25, 0.3) is 0 Å². The molecule has 0 aromatic heterocycles. The largest absolute Gasteiger partial charge is 0.481 e. The topological polar surface area (TPSA) is 57.5 Å². The molecule has 0 amide bonds. The molecule has 1 aliphatic rings. The Morgan fingerprint density at radius 1 is 1.18 bits per heavy atom. The van der Waals surface area contributed by atoms with Gasteiger partial charge in [0.05, 0.1) is 11.5 Å². The van der Waals surface area contributed by atoms with Gasteiger partial charge in [0.1, 0.15) is 0 Å². The van der Waals surface area contributed by atoms with E-state index in [1.54, 1.807) is 0 Å². The summed E-state index contributed by atoms with van der Waals surface area (Å²) in [6, 6.07) is 0. The molecule has 0 heterocycles. The molecule has 0 aromatic rings. The molecule has 0 radical (unpaired) electrons. The maximum absolute atomic E-state index is 11.3. The van der Waals surface area contributed by atoms with Crippen molar-refractivity contribution in [3.05, 3.63) is 0 Å². The fourth-order valence-electron chi connectivity index (χ4n) is 2.90. The average Bonchev–Trinajstić information content (AvgIpc) is 2.24. The Hall–Kier alpha value is -0.570. The van der Waals surface area contributed by atoms with E-state index < -0.39 is 17.5 Å². The van der Waals surface area contributed by atoms with Crippen molar-refractivity contribution < 1.29 is 15.0 Å². The molecule has 1 aliphatic carbocycles. The average molecular weight is 242 g/mol. The molecular weight excluding hydrogens is 216 g/mol. The number of unbranched alkanes of at least 4 members (excludes halogenated alkanes) is 1.